The van der Waals surface area contributed by atoms with Crippen LogP contribution < -0.4 is 15.8 Å². The number of nitrogens with two attached hydrogens (primary N) is 1. The van der Waals surface area contributed by atoms with Gasteiger partial charge in [-0.15, -0.1) is 5.92 Å². The van der Waals surface area contributed by atoms with Crippen molar-refractivity contribution >= 4 is 29.2 Å². The maximum Gasteiger partial charge on any atom is 0.282 e. The van der Waals surface area contributed by atoms with Crippen molar-refractivity contribution in [2.24, 2.45) is 10.7 Å². The standard InChI is InChI=1S/C24H22ClN5O3/c1-3-4-12-33-21-15-27-20(14-28-21)23(31)29-19-7-5-6-17(13-19)22(30-24(26)32-2)16-8-10-18(25)11-9-16/h5-11,13-15,22H,12H2,1-2H3,(H2,26,30)(H,29,31). The molecule has 8 nitrogen and oxygen atoms in total. The van der Waals surface area contributed by atoms with Crippen molar-refractivity contribution in [2.75, 3.05) is 19.0 Å². The Labute approximate surface area is 196 Å². The summed E-state index contributed by atoms with van der Waals surface area (Å²) in [6, 6.07) is 14.1. The van der Waals surface area contributed by atoms with E-state index in [1.807, 2.05) is 24.3 Å². The number of carbonyl (C=O) groups excluding carboxylic acids is 1. The summed E-state index contributed by atoms with van der Waals surface area (Å²) in [7, 11) is 1.45. The van der Waals surface area contributed by atoms with Crippen LogP contribution in [0.2, 0.25) is 5.02 Å². The number of carbonyl (C=O) groups is 1. The van der Waals surface area contributed by atoms with Crippen LogP contribution in [0.25, 0.3) is 0 Å². The van der Waals surface area contributed by atoms with Crippen LogP contribution in [0.4, 0.5) is 5.69 Å². The minimum Gasteiger partial charge on any atom is -0.469 e. The third-order valence-electron chi connectivity index (χ3n) is 4.44. The van der Waals surface area contributed by atoms with Crippen LogP contribution in [-0.2, 0) is 4.74 Å². The fraction of sp³-hybridized carbons (Fsp3) is 0.167. The van der Waals surface area contributed by atoms with Crippen molar-refractivity contribution in [3.63, 3.8) is 0 Å². The lowest BCUT2D eigenvalue weighted by Crippen LogP contribution is -2.16. The lowest BCUT2D eigenvalue weighted by atomic mass is 9.99. The average Bonchev–Trinajstić information content (AvgIpc) is 2.84. The van der Waals surface area contributed by atoms with Gasteiger partial charge in [-0.2, -0.15) is 0 Å². The van der Waals surface area contributed by atoms with E-state index in [0.717, 1.165) is 11.1 Å². The zero-order chi connectivity index (χ0) is 23.6. The highest BCUT2D eigenvalue weighted by Crippen LogP contribution is 2.29. The monoisotopic (exact) mass is 463 g/mol. The molecule has 0 aliphatic heterocycles. The Kier molecular flexibility index (Phi) is 8.22. The SMILES string of the molecule is CC#CCOc1cnc(C(=O)Nc2cccc(C(N=C(N)OC)c3ccc(Cl)cc3)c2)cn1. The van der Waals surface area contributed by atoms with Crippen LogP contribution >= 0.6 is 11.6 Å². The maximum absolute atomic E-state index is 12.6. The minimum atomic E-state index is -0.457. The molecule has 168 valence electrons. The Balaban J connectivity index is 1.80. The van der Waals surface area contributed by atoms with E-state index in [9.17, 15) is 4.79 Å². The van der Waals surface area contributed by atoms with E-state index >= 15 is 0 Å². The number of halogens is 1. The summed E-state index contributed by atoms with van der Waals surface area (Å²) >= 11 is 6.02. The minimum absolute atomic E-state index is 0.0342. The van der Waals surface area contributed by atoms with E-state index in [1.165, 1.54) is 19.5 Å². The van der Waals surface area contributed by atoms with Crippen LogP contribution in [-0.4, -0.2) is 35.6 Å². The zero-order valence-corrected chi connectivity index (χ0v) is 18.8. The molecule has 1 heterocycles. The number of benzene rings is 2. The van der Waals surface area contributed by atoms with Crippen LogP contribution in [0.3, 0.4) is 0 Å². The summed E-state index contributed by atoms with van der Waals surface area (Å²) in [6.45, 7) is 1.92. The molecule has 0 spiro atoms. The molecule has 1 unspecified atom stereocenters. The molecule has 3 rings (SSSR count). The third kappa shape index (κ3) is 6.69. The lowest BCUT2D eigenvalue weighted by Gasteiger charge is -2.16. The Morgan fingerprint density at radius 2 is 1.97 bits per heavy atom. The van der Waals surface area contributed by atoms with Gasteiger partial charge in [-0.1, -0.05) is 41.8 Å². The highest BCUT2D eigenvalue weighted by molar-refractivity contribution is 6.30. The fourth-order valence-electron chi connectivity index (χ4n) is 2.84. The maximum atomic E-state index is 12.6. The molecular formula is C24H22ClN5O3. The molecule has 1 aromatic heterocycles. The van der Waals surface area contributed by atoms with Gasteiger partial charge < -0.3 is 20.5 Å². The fourth-order valence-corrected chi connectivity index (χ4v) is 2.96. The van der Waals surface area contributed by atoms with E-state index < -0.39 is 11.9 Å². The molecule has 1 atom stereocenters. The molecule has 2 aromatic carbocycles. The number of amidine groups is 1. The van der Waals surface area contributed by atoms with E-state index in [1.54, 1.807) is 31.2 Å². The summed E-state index contributed by atoms with van der Waals surface area (Å²) in [4.78, 5) is 25.3. The lowest BCUT2D eigenvalue weighted by molar-refractivity contribution is 0.102. The number of nitrogens with one attached hydrogen (secondary N) is 1. The van der Waals surface area contributed by atoms with Gasteiger partial charge in [0.1, 0.15) is 11.7 Å². The number of aromatic nitrogens is 2. The first-order valence-electron chi connectivity index (χ1n) is 9.88. The van der Waals surface area contributed by atoms with E-state index in [2.05, 4.69) is 32.1 Å². The molecule has 0 aliphatic rings. The van der Waals surface area contributed by atoms with Gasteiger partial charge in [-0.25, -0.2) is 15.0 Å². The summed E-state index contributed by atoms with van der Waals surface area (Å²) in [6.07, 6.45) is 2.72. The number of hydrogen-bond donors (Lipinski definition) is 2. The van der Waals surface area contributed by atoms with Crippen LogP contribution in [0, 0.1) is 11.8 Å². The first-order chi connectivity index (χ1) is 16.0. The largest absolute Gasteiger partial charge is 0.469 e. The molecule has 0 aliphatic carbocycles. The first kappa shape index (κ1) is 23.6. The van der Waals surface area contributed by atoms with Crippen LogP contribution in [0.15, 0.2) is 65.9 Å². The second-order valence-electron chi connectivity index (χ2n) is 6.66. The van der Waals surface area contributed by atoms with Crippen LogP contribution in [0.1, 0.15) is 34.6 Å². The second-order valence-corrected chi connectivity index (χ2v) is 7.10. The number of methoxy groups -OCH3 is 1. The van der Waals surface area contributed by atoms with Crippen molar-refractivity contribution in [1.29, 1.82) is 0 Å². The summed E-state index contributed by atoms with van der Waals surface area (Å²) in [5, 5.41) is 3.43. The Morgan fingerprint density at radius 3 is 2.64 bits per heavy atom. The van der Waals surface area contributed by atoms with Crippen molar-refractivity contribution < 1.29 is 14.3 Å². The predicted octanol–water partition coefficient (Wildman–Crippen LogP) is 3.83. The van der Waals surface area contributed by atoms with Gasteiger partial charge in [0.05, 0.1) is 19.5 Å². The van der Waals surface area contributed by atoms with Gasteiger partial charge in [0.25, 0.3) is 11.9 Å². The highest BCUT2D eigenvalue weighted by atomic mass is 35.5. The van der Waals surface area contributed by atoms with Crippen molar-refractivity contribution in [1.82, 2.24) is 9.97 Å². The molecule has 0 saturated heterocycles. The number of rotatable bonds is 7. The second kappa shape index (κ2) is 11.5. The number of anilines is 1. The normalized spacial score (nSPS) is 11.7. The molecule has 9 heteroatoms. The average molecular weight is 464 g/mol. The van der Waals surface area contributed by atoms with Gasteiger partial charge in [-0.05, 0) is 42.3 Å². The third-order valence-corrected chi connectivity index (χ3v) is 4.69. The summed E-state index contributed by atoms with van der Waals surface area (Å²) < 4.78 is 10.4. The zero-order valence-electron chi connectivity index (χ0n) is 18.1. The van der Waals surface area contributed by atoms with Gasteiger partial charge >= 0.3 is 0 Å². The van der Waals surface area contributed by atoms with E-state index in [0.29, 0.717) is 10.7 Å². The van der Waals surface area contributed by atoms with Crippen molar-refractivity contribution in [3.05, 3.63) is 82.8 Å². The topological polar surface area (TPSA) is 112 Å². The quantitative estimate of drug-likeness (QED) is 0.313. The number of hydrogen-bond acceptors (Lipinski definition) is 6. The van der Waals surface area contributed by atoms with E-state index in [-0.39, 0.29) is 24.2 Å². The number of amides is 1. The predicted molar refractivity (Wildman–Crippen MR) is 127 cm³/mol. The van der Waals surface area contributed by atoms with Gasteiger partial charge in [0, 0.05) is 10.7 Å². The van der Waals surface area contributed by atoms with Gasteiger partial charge in [0.2, 0.25) is 5.88 Å². The van der Waals surface area contributed by atoms with Gasteiger partial charge in [0.15, 0.2) is 6.61 Å². The molecule has 0 saturated carbocycles. The number of ether oxygens (including phenoxy) is 2. The first-order valence-corrected chi connectivity index (χ1v) is 10.3. The molecule has 3 N–H and O–H groups in total. The molecule has 3 aromatic rings. The molecular weight excluding hydrogens is 442 g/mol. The number of nitrogens with zero attached hydrogens (tertiary/aromatic N) is 3. The number of aliphatic imine (C=N–C) groups is 1. The molecule has 33 heavy (non-hydrogen) atoms. The van der Waals surface area contributed by atoms with Crippen molar-refractivity contribution in [3.8, 4) is 17.7 Å². The Bertz CT molecular complexity index is 1190. The molecule has 0 fully saturated rings. The van der Waals surface area contributed by atoms with Gasteiger partial charge in [-0.3, -0.25) is 4.79 Å². The highest BCUT2D eigenvalue weighted by Gasteiger charge is 2.16. The Hall–Kier alpha value is -4.09. The van der Waals surface area contributed by atoms with Crippen LogP contribution in [0.5, 0.6) is 5.88 Å². The molecule has 1 amide bonds. The smallest absolute Gasteiger partial charge is 0.282 e. The van der Waals surface area contributed by atoms with E-state index in [4.69, 9.17) is 26.8 Å². The molecule has 0 bridgehead atoms. The summed E-state index contributed by atoms with van der Waals surface area (Å²) in [5.74, 6) is 5.35. The molecule has 0 radical (unpaired) electrons. The summed E-state index contributed by atoms with van der Waals surface area (Å²) in [5.41, 5.74) is 8.18. The van der Waals surface area contributed by atoms with Crippen molar-refractivity contribution in [2.45, 2.75) is 13.0 Å². The Morgan fingerprint density at radius 1 is 1.18 bits per heavy atom.